The fourth-order valence-corrected chi connectivity index (χ4v) is 3.35. The van der Waals surface area contributed by atoms with Gasteiger partial charge in [0.25, 0.3) is 0 Å². The molecule has 6 nitrogen and oxygen atoms in total. The second-order valence-corrected chi connectivity index (χ2v) is 7.08. The highest BCUT2D eigenvalue weighted by Gasteiger charge is 2.25. The highest BCUT2D eigenvalue weighted by Crippen LogP contribution is 2.24. The molecule has 2 aromatic rings. The Kier molecular flexibility index (Phi) is 7.84. The molecule has 0 aromatic heterocycles. The fourth-order valence-electron chi connectivity index (χ4n) is 3.35. The van der Waals surface area contributed by atoms with Gasteiger partial charge < -0.3 is 25.0 Å². The molecule has 1 saturated heterocycles. The number of halogens is 2. The predicted octanol–water partition coefficient (Wildman–Crippen LogP) is 2.93. The molecule has 0 aliphatic carbocycles. The quantitative estimate of drug-likeness (QED) is 0.392. The maximum Gasteiger partial charge on any atom is 0.191 e. The molecule has 0 radical (unpaired) electrons. The summed E-state index contributed by atoms with van der Waals surface area (Å²) in [6.07, 6.45) is 0.838. The van der Waals surface area contributed by atoms with Crippen LogP contribution in [0.3, 0.4) is 0 Å². The minimum Gasteiger partial charge on any atom is -0.491 e. The van der Waals surface area contributed by atoms with Crippen molar-refractivity contribution in [1.82, 2.24) is 10.6 Å². The number of benzene rings is 2. The van der Waals surface area contributed by atoms with E-state index in [1.807, 2.05) is 29.2 Å². The van der Waals surface area contributed by atoms with E-state index in [9.17, 15) is 8.78 Å². The number of methoxy groups -OCH3 is 1. The van der Waals surface area contributed by atoms with Gasteiger partial charge in [-0.2, -0.15) is 0 Å². The third-order valence-electron chi connectivity index (χ3n) is 4.94. The Morgan fingerprint density at radius 2 is 1.97 bits per heavy atom. The molecule has 1 aliphatic heterocycles. The number of ether oxygens (including phenoxy) is 2. The Morgan fingerprint density at radius 1 is 1.17 bits per heavy atom. The summed E-state index contributed by atoms with van der Waals surface area (Å²) < 4.78 is 37.7. The first-order valence-electron chi connectivity index (χ1n) is 9.97. The van der Waals surface area contributed by atoms with E-state index in [0.717, 1.165) is 23.8 Å². The summed E-state index contributed by atoms with van der Waals surface area (Å²) in [5.74, 6) is 0.385. The van der Waals surface area contributed by atoms with Crippen molar-refractivity contribution < 1.29 is 18.3 Å². The van der Waals surface area contributed by atoms with Crippen LogP contribution in [0.1, 0.15) is 12.0 Å². The molecule has 1 heterocycles. The van der Waals surface area contributed by atoms with Crippen LogP contribution in [0.25, 0.3) is 0 Å². The van der Waals surface area contributed by atoms with E-state index in [2.05, 4.69) is 15.6 Å². The molecule has 0 bridgehead atoms. The molecule has 1 fully saturated rings. The van der Waals surface area contributed by atoms with Crippen molar-refractivity contribution in [3.05, 3.63) is 59.7 Å². The number of hydrogen-bond acceptors (Lipinski definition) is 4. The van der Waals surface area contributed by atoms with Crippen LogP contribution in [0.2, 0.25) is 0 Å². The van der Waals surface area contributed by atoms with Crippen LogP contribution in [-0.4, -0.2) is 52.5 Å². The van der Waals surface area contributed by atoms with Crippen LogP contribution < -0.4 is 20.3 Å². The van der Waals surface area contributed by atoms with Crippen molar-refractivity contribution in [1.29, 1.82) is 0 Å². The van der Waals surface area contributed by atoms with Crippen LogP contribution in [0.5, 0.6) is 5.75 Å². The number of rotatable bonds is 8. The molecular formula is C22H28F2N4O2. The number of nitrogens with zero attached hydrogens (tertiary/aromatic N) is 2. The molecule has 3 rings (SSSR count). The third-order valence-corrected chi connectivity index (χ3v) is 4.94. The zero-order chi connectivity index (χ0) is 21.3. The molecule has 0 spiro atoms. The van der Waals surface area contributed by atoms with E-state index in [4.69, 9.17) is 9.47 Å². The Labute approximate surface area is 175 Å². The van der Waals surface area contributed by atoms with Gasteiger partial charge in [-0.25, -0.2) is 8.78 Å². The first kappa shape index (κ1) is 21.8. The maximum atomic E-state index is 14.0. The normalized spacial score (nSPS) is 16.6. The Balaban J connectivity index is 1.47. The van der Waals surface area contributed by atoms with Gasteiger partial charge in [-0.3, -0.25) is 4.99 Å². The zero-order valence-corrected chi connectivity index (χ0v) is 17.3. The van der Waals surface area contributed by atoms with Gasteiger partial charge in [0.1, 0.15) is 24.0 Å². The van der Waals surface area contributed by atoms with Crippen molar-refractivity contribution in [3.8, 4) is 5.75 Å². The van der Waals surface area contributed by atoms with Crippen molar-refractivity contribution in [2.24, 2.45) is 4.99 Å². The van der Waals surface area contributed by atoms with Crippen LogP contribution in [0, 0.1) is 11.6 Å². The van der Waals surface area contributed by atoms with Gasteiger partial charge in [0.15, 0.2) is 5.96 Å². The molecule has 162 valence electrons. The number of guanidine groups is 1. The predicted molar refractivity (Wildman–Crippen MR) is 114 cm³/mol. The SMILES string of the molecule is CN=C(NCc1ccc(OCCOC)cc1)NC1CCN(c2ccc(F)cc2F)C1. The molecule has 1 aliphatic rings. The second kappa shape index (κ2) is 10.8. The van der Waals surface area contributed by atoms with E-state index < -0.39 is 11.6 Å². The first-order valence-corrected chi connectivity index (χ1v) is 9.97. The zero-order valence-electron chi connectivity index (χ0n) is 17.3. The Hall–Kier alpha value is -2.87. The lowest BCUT2D eigenvalue weighted by atomic mass is 10.2. The summed E-state index contributed by atoms with van der Waals surface area (Å²) in [6, 6.07) is 11.7. The van der Waals surface area contributed by atoms with E-state index in [0.29, 0.717) is 44.5 Å². The third kappa shape index (κ3) is 6.06. The summed E-state index contributed by atoms with van der Waals surface area (Å²) in [7, 11) is 3.36. The number of aliphatic imine (C=N–C) groups is 1. The van der Waals surface area contributed by atoms with E-state index in [-0.39, 0.29) is 6.04 Å². The number of hydrogen-bond donors (Lipinski definition) is 2. The average Bonchev–Trinajstić information content (AvgIpc) is 3.20. The molecule has 2 aromatic carbocycles. The smallest absolute Gasteiger partial charge is 0.191 e. The largest absolute Gasteiger partial charge is 0.491 e. The van der Waals surface area contributed by atoms with E-state index in [1.165, 1.54) is 12.1 Å². The standard InChI is InChI=1S/C22H28F2N4O2/c1-25-22(26-14-16-3-6-19(7-4-16)30-12-11-29-2)27-18-9-10-28(15-18)21-8-5-17(23)13-20(21)24/h3-8,13,18H,9-12,14-15H2,1-2H3,(H2,25,26,27). The van der Waals surface area contributed by atoms with Crippen LogP contribution in [0.4, 0.5) is 14.5 Å². The van der Waals surface area contributed by atoms with Crippen LogP contribution in [0.15, 0.2) is 47.5 Å². The molecule has 1 atom stereocenters. The topological polar surface area (TPSA) is 58.1 Å². The summed E-state index contributed by atoms with van der Waals surface area (Å²) >= 11 is 0. The fraction of sp³-hybridized carbons (Fsp3) is 0.409. The molecule has 0 amide bonds. The lowest BCUT2D eigenvalue weighted by molar-refractivity contribution is 0.146. The van der Waals surface area contributed by atoms with Gasteiger partial charge >= 0.3 is 0 Å². The van der Waals surface area contributed by atoms with E-state index >= 15 is 0 Å². The van der Waals surface area contributed by atoms with Gasteiger partial charge in [-0.05, 0) is 36.2 Å². The van der Waals surface area contributed by atoms with Crippen molar-refractivity contribution >= 4 is 11.6 Å². The number of nitrogens with one attached hydrogen (secondary N) is 2. The van der Waals surface area contributed by atoms with Crippen molar-refractivity contribution in [3.63, 3.8) is 0 Å². The number of anilines is 1. The average molecular weight is 418 g/mol. The molecule has 2 N–H and O–H groups in total. The van der Waals surface area contributed by atoms with Gasteiger partial charge in [0, 0.05) is 45.9 Å². The molecule has 30 heavy (non-hydrogen) atoms. The lowest BCUT2D eigenvalue weighted by Gasteiger charge is -2.21. The van der Waals surface area contributed by atoms with Gasteiger partial charge in [0.2, 0.25) is 0 Å². The second-order valence-electron chi connectivity index (χ2n) is 7.08. The summed E-state index contributed by atoms with van der Waals surface area (Å²) in [5.41, 5.74) is 1.52. The highest BCUT2D eigenvalue weighted by atomic mass is 19.1. The maximum absolute atomic E-state index is 14.0. The van der Waals surface area contributed by atoms with Crippen molar-refractivity contribution in [2.75, 3.05) is 45.4 Å². The van der Waals surface area contributed by atoms with Crippen molar-refractivity contribution in [2.45, 2.75) is 19.0 Å². The summed E-state index contributed by atoms with van der Waals surface area (Å²) in [5, 5.41) is 6.67. The van der Waals surface area contributed by atoms with Crippen LogP contribution in [-0.2, 0) is 11.3 Å². The molecule has 1 unspecified atom stereocenters. The summed E-state index contributed by atoms with van der Waals surface area (Å²) in [6.45, 7) is 3.00. The van der Waals surface area contributed by atoms with Crippen LogP contribution >= 0.6 is 0 Å². The minimum atomic E-state index is -0.565. The Bertz CT molecular complexity index is 846. The van der Waals surface area contributed by atoms with Gasteiger partial charge in [-0.1, -0.05) is 12.1 Å². The molecule has 8 heteroatoms. The summed E-state index contributed by atoms with van der Waals surface area (Å²) in [4.78, 5) is 6.19. The van der Waals surface area contributed by atoms with Gasteiger partial charge in [-0.15, -0.1) is 0 Å². The Morgan fingerprint density at radius 3 is 2.67 bits per heavy atom. The molecule has 0 saturated carbocycles. The highest BCUT2D eigenvalue weighted by molar-refractivity contribution is 5.80. The lowest BCUT2D eigenvalue weighted by Crippen LogP contribution is -2.44. The first-order chi connectivity index (χ1) is 14.6. The monoisotopic (exact) mass is 418 g/mol. The minimum absolute atomic E-state index is 0.122. The van der Waals surface area contributed by atoms with E-state index in [1.54, 1.807) is 14.2 Å². The molecular weight excluding hydrogens is 390 g/mol. The van der Waals surface area contributed by atoms with Gasteiger partial charge in [0.05, 0.1) is 12.3 Å².